The van der Waals surface area contributed by atoms with E-state index in [0.717, 1.165) is 31.4 Å². The van der Waals surface area contributed by atoms with Gasteiger partial charge in [0, 0.05) is 29.3 Å². The molecule has 0 radical (unpaired) electrons. The van der Waals surface area contributed by atoms with Gasteiger partial charge in [0.05, 0.1) is 30.6 Å². The smallest absolute Gasteiger partial charge is 0.251 e. The minimum absolute atomic E-state index is 0.0463. The molecule has 1 saturated heterocycles. The van der Waals surface area contributed by atoms with Crippen LogP contribution in [0.15, 0.2) is 36.7 Å². The Morgan fingerprint density at radius 1 is 1.16 bits per heavy atom. The van der Waals surface area contributed by atoms with Crippen LogP contribution in [0.1, 0.15) is 53.6 Å². The van der Waals surface area contributed by atoms with Gasteiger partial charge in [0.15, 0.2) is 0 Å². The maximum atomic E-state index is 14.8. The topological polar surface area (TPSA) is 83.5 Å². The summed E-state index contributed by atoms with van der Waals surface area (Å²) in [5, 5.41) is 15.9. The second-order valence-electron chi connectivity index (χ2n) is 7.92. The molecule has 31 heavy (non-hydrogen) atoms. The third-order valence-electron chi connectivity index (χ3n) is 5.63. The average molecular weight is 429 g/mol. The Labute approximate surface area is 179 Å². The van der Waals surface area contributed by atoms with Crippen LogP contribution >= 0.6 is 0 Å². The lowest BCUT2D eigenvalue weighted by Crippen LogP contribution is -2.45. The maximum Gasteiger partial charge on any atom is 0.251 e. The molecule has 8 heteroatoms. The molecule has 164 valence electrons. The second kappa shape index (κ2) is 9.53. The highest BCUT2D eigenvalue weighted by molar-refractivity contribution is 5.95. The Morgan fingerprint density at radius 3 is 2.71 bits per heavy atom. The van der Waals surface area contributed by atoms with Gasteiger partial charge in [0.1, 0.15) is 17.9 Å². The Balaban J connectivity index is 1.50. The first-order valence-electron chi connectivity index (χ1n) is 10.5. The molecule has 1 aromatic carbocycles. The van der Waals surface area contributed by atoms with Crippen LogP contribution in [0.4, 0.5) is 14.5 Å². The minimum atomic E-state index is -0.676. The monoisotopic (exact) mass is 429 g/mol. The van der Waals surface area contributed by atoms with Crippen molar-refractivity contribution in [1.82, 2.24) is 10.3 Å². The van der Waals surface area contributed by atoms with Crippen LogP contribution in [0.5, 0.6) is 0 Å². The molecule has 4 rings (SSSR count). The number of aliphatic hydroxyl groups excluding tert-OH is 1. The first kappa shape index (κ1) is 21.4. The summed E-state index contributed by atoms with van der Waals surface area (Å²) in [7, 11) is 0. The lowest BCUT2D eigenvalue weighted by molar-refractivity contribution is -0.0313. The van der Waals surface area contributed by atoms with Gasteiger partial charge < -0.3 is 20.5 Å². The number of aliphatic hydroxyl groups is 1. The molecule has 2 heterocycles. The summed E-state index contributed by atoms with van der Waals surface area (Å²) < 4.78 is 34.4. The predicted octanol–water partition coefficient (Wildman–Crippen LogP) is 3.88. The van der Waals surface area contributed by atoms with E-state index in [0.29, 0.717) is 25.1 Å². The fourth-order valence-corrected chi connectivity index (χ4v) is 3.73. The molecule has 1 aliphatic heterocycles. The third kappa shape index (κ3) is 5.26. The van der Waals surface area contributed by atoms with Crippen molar-refractivity contribution in [2.75, 3.05) is 11.9 Å². The Morgan fingerprint density at radius 2 is 1.97 bits per heavy atom. The normalized spacial score (nSPS) is 23.7. The zero-order chi connectivity index (χ0) is 21.8. The van der Waals surface area contributed by atoms with Gasteiger partial charge in [-0.1, -0.05) is 12.8 Å². The van der Waals surface area contributed by atoms with Gasteiger partial charge in [0.2, 0.25) is 0 Å². The highest BCUT2D eigenvalue weighted by atomic mass is 19.1. The average Bonchev–Trinajstić information content (AvgIpc) is 2.74. The highest BCUT2D eigenvalue weighted by Gasteiger charge is 2.25. The molecule has 2 aliphatic rings. The molecule has 1 saturated carbocycles. The molecule has 0 spiro atoms. The van der Waals surface area contributed by atoms with Crippen LogP contribution in [0.2, 0.25) is 0 Å². The van der Waals surface area contributed by atoms with E-state index in [1.807, 2.05) is 0 Å². The molecular formula is C23H25F2N3O3. The molecule has 0 bridgehead atoms. The Kier molecular flexibility index (Phi) is 6.58. The maximum absolute atomic E-state index is 14.8. The van der Waals surface area contributed by atoms with Gasteiger partial charge in [0.25, 0.3) is 5.91 Å². The molecule has 3 N–H and O–H groups in total. The zero-order valence-electron chi connectivity index (χ0n) is 17.0. The van der Waals surface area contributed by atoms with Gasteiger partial charge in [-0.15, -0.1) is 0 Å². The summed E-state index contributed by atoms with van der Waals surface area (Å²) in [6.07, 6.45) is 7.30. The number of halogens is 2. The van der Waals surface area contributed by atoms with E-state index in [-0.39, 0.29) is 29.0 Å². The number of ether oxygens (including phenoxy) is 1. The summed E-state index contributed by atoms with van der Waals surface area (Å²) in [6.45, 7) is 0.682. The number of nitrogens with one attached hydrogen (secondary N) is 2. The molecule has 1 unspecified atom stereocenters. The van der Waals surface area contributed by atoms with Gasteiger partial charge in [-0.3, -0.25) is 9.78 Å². The first-order valence-corrected chi connectivity index (χ1v) is 10.5. The van der Waals surface area contributed by atoms with Crippen molar-refractivity contribution in [3.05, 3.63) is 59.2 Å². The summed E-state index contributed by atoms with van der Waals surface area (Å²) in [6, 6.07) is 5.02. The standard InChI is InChI=1S/C23H25F2N3O3/c24-18-6-5-14(23(30)28-20-3-1-2-4-21(20)29)9-15(18)11-19(25)16-10-17(13-26-12-16)27-22-7-8-31-22/h5-6,9-13,20-22,27,29H,1-4,7-8H2,(H,28,30)/b19-11-/t20-,21-,22?/m0/s1. The molecule has 2 fully saturated rings. The van der Waals surface area contributed by atoms with Gasteiger partial charge in [-0.2, -0.15) is 0 Å². The number of hydrogen-bond acceptors (Lipinski definition) is 5. The number of amides is 1. The Bertz CT molecular complexity index is 978. The summed E-state index contributed by atoms with van der Waals surface area (Å²) in [5.41, 5.74) is 0.943. The summed E-state index contributed by atoms with van der Waals surface area (Å²) in [5.74, 6) is -1.74. The highest BCUT2D eigenvalue weighted by Crippen LogP contribution is 2.25. The number of benzene rings is 1. The zero-order valence-corrected chi connectivity index (χ0v) is 17.0. The number of carbonyl (C=O) groups is 1. The summed E-state index contributed by atoms with van der Waals surface area (Å²) >= 11 is 0. The molecule has 1 aliphatic carbocycles. The molecule has 6 nitrogen and oxygen atoms in total. The van der Waals surface area contributed by atoms with Crippen molar-refractivity contribution in [1.29, 1.82) is 0 Å². The van der Waals surface area contributed by atoms with Crippen LogP contribution in [0.25, 0.3) is 11.9 Å². The number of aromatic nitrogens is 1. The summed E-state index contributed by atoms with van der Waals surface area (Å²) in [4.78, 5) is 16.6. The number of carbonyl (C=O) groups excluding carboxylic acids is 1. The molecule has 1 amide bonds. The van der Waals surface area contributed by atoms with E-state index in [9.17, 15) is 18.7 Å². The van der Waals surface area contributed by atoms with Gasteiger partial charge in [-0.05, 0) is 43.2 Å². The number of nitrogens with zero attached hydrogens (tertiary/aromatic N) is 1. The fourth-order valence-electron chi connectivity index (χ4n) is 3.73. The van der Waals surface area contributed by atoms with Crippen molar-refractivity contribution in [2.45, 2.75) is 50.5 Å². The number of anilines is 1. The second-order valence-corrected chi connectivity index (χ2v) is 7.92. The van der Waals surface area contributed by atoms with Gasteiger partial charge >= 0.3 is 0 Å². The van der Waals surface area contributed by atoms with E-state index < -0.39 is 23.7 Å². The Hall–Kier alpha value is -2.84. The SMILES string of the molecule is O=C(N[C@H]1CCCC[C@@H]1O)c1ccc(F)c(/C=C(\F)c2cncc(NC3CCO3)c2)c1. The van der Waals surface area contributed by atoms with Crippen molar-refractivity contribution in [3.8, 4) is 0 Å². The van der Waals surface area contributed by atoms with Gasteiger partial charge in [-0.25, -0.2) is 8.78 Å². The predicted molar refractivity (Wildman–Crippen MR) is 113 cm³/mol. The number of hydrogen-bond donors (Lipinski definition) is 3. The van der Waals surface area contributed by atoms with Crippen molar-refractivity contribution in [2.24, 2.45) is 0 Å². The molecule has 1 aromatic heterocycles. The molecule has 2 aromatic rings. The number of pyridine rings is 1. The van der Waals surface area contributed by atoms with Crippen LogP contribution in [-0.4, -0.2) is 41.0 Å². The van der Waals surface area contributed by atoms with Crippen LogP contribution in [0.3, 0.4) is 0 Å². The van der Waals surface area contributed by atoms with Crippen molar-refractivity contribution in [3.63, 3.8) is 0 Å². The van der Waals surface area contributed by atoms with Crippen molar-refractivity contribution < 1.29 is 23.4 Å². The van der Waals surface area contributed by atoms with Crippen LogP contribution < -0.4 is 10.6 Å². The lowest BCUT2D eigenvalue weighted by Gasteiger charge is -2.28. The minimum Gasteiger partial charge on any atom is -0.391 e. The lowest BCUT2D eigenvalue weighted by atomic mass is 9.92. The van der Waals surface area contributed by atoms with Crippen LogP contribution in [0, 0.1) is 5.82 Å². The fraction of sp³-hybridized carbons (Fsp3) is 0.391. The first-order chi connectivity index (χ1) is 15.0. The van der Waals surface area contributed by atoms with E-state index in [1.165, 1.54) is 18.3 Å². The largest absolute Gasteiger partial charge is 0.391 e. The van der Waals surface area contributed by atoms with Crippen LogP contribution in [-0.2, 0) is 4.74 Å². The molecule has 3 atom stereocenters. The molecular weight excluding hydrogens is 404 g/mol. The number of rotatable bonds is 6. The van der Waals surface area contributed by atoms with E-state index in [1.54, 1.807) is 12.3 Å². The van der Waals surface area contributed by atoms with Crippen molar-refractivity contribution >= 4 is 23.5 Å². The quantitative estimate of drug-likeness (QED) is 0.649. The third-order valence-corrected chi connectivity index (χ3v) is 5.63. The van der Waals surface area contributed by atoms with E-state index in [4.69, 9.17) is 4.74 Å². The van der Waals surface area contributed by atoms with E-state index >= 15 is 0 Å². The van der Waals surface area contributed by atoms with E-state index in [2.05, 4.69) is 15.6 Å².